The number of hydrogen-bond acceptors (Lipinski definition) is 9. The normalized spacial score (nSPS) is 10.8. The minimum atomic E-state index is -0.596. The summed E-state index contributed by atoms with van der Waals surface area (Å²) in [7, 11) is 1.50. The fraction of sp³-hybridized carbons (Fsp3) is 0.182. The maximum Gasteiger partial charge on any atom is 0.280 e. The number of amides is 1. The number of hydrazone groups is 1. The molecule has 1 aromatic carbocycles. The van der Waals surface area contributed by atoms with Gasteiger partial charge in [-0.25, -0.2) is 10.4 Å². The molecule has 34 heavy (non-hydrogen) atoms. The number of ether oxygens (including phenoxy) is 2. The van der Waals surface area contributed by atoms with E-state index in [0.717, 1.165) is 0 Å². The molecule has 2 heterocycles. The van der Waals surface area contributed by atoms with Crippen LogP contribution in [0.3, 0.4) is 0 Å². The monoisotopic (exact) mass is 527 g/mol. The number of pyridine rings is 1. The van der Waals surface area contributed by atoms with Gasteiger partial charge in [-0.15, -0.1) is 0 Å². The van der Waals surface area contributed by atoms with Crippen molar-refractivity contribution in [1.82, 2.24) is 10.4 Å². The first-order chi connectivity index (χ1) is 16.3. The van der Waals surface area contributed by atoms with Gasteiger partial charge in [0.1, 0.15) is 23.2 Å². The van der Waals surface area contributed by atoms with E-state index in [1.54, 1.807) is 37.3 Å². The summed E-state index contributed by atoms with van der Waals surface area (Å²) < 4.78 is 16.7. The molecule has 2 aromatic heterocycles. The molecule has 0 aliphatic heterocycles. The highest BCUT2D eigenvalue weighted by molar-refractivity contribution is 9.10. The zero-order valence-electron chi connectivity index (χ0n) is 18.1. The smallest absolute Gasteiger partial charge is 0.280 e. The highest BCUT2D eigenvalue weighted by Gasteiger charge is 2.19. The molecule has 12 heteroatoms. The number of halogens is 1. The molecule has 11 nitrogen and oxygen atoms in total. The van der Waals surface area contributed by atoms with Crippen molar-refractivity contribution in [1.29, 1.82) is 5.26 Å². The van der Waals surface area contributed by atoms with Gasteiger partial charge >= 0.3 is 0 Å². The van der Waals surface area contributed by atoms with Crippen LogP contribution < -0.4 is 10.2 Å². The number of nitro benzene ring substituents is 1. The van der Waals surface area contributed by atoms with Crippen LogP contribution in [-0.2, 0) is 16.1 Å². The van der Waals surface area contributed by atoms with Crippen molar-refractivity contribution in [2.45, 2.75) is 13.5 Å². The second kappa shape index (κ2) is 11.2. The Hall–Kier alpha value is -4.08. The molecule has 0 saturated carbocycles. The van der Waals surface area contributed by atoms with E-state index in [4.69, 9.17) is 13.9 Å². The molecule has 0 saturated heterocycles. The van der Waals surface area contributed by atoms with Crippen LogP contribution >= 0.6 is 15.9 Å². The SMILES string of the molecule is COCc1c(Br)c(C)nc(OCC(=O)N/N=C/c2ccc(-c3ccccc3[N+](=O)[O-])o2)c1C#N. The lowest BCUT2D eigenvalue weighted by atomic mass is 10.1. The van der Waals surface area contributed by atoms with E-state index in [1.807, 2.05) is 6.07 Å². The van der Waals surface area contributed by atoms with E-state index in [2.05, 4.69) is 31.4 Å². The van der Waals surface area contributed by atoms with Gasteiger partial charge in [-0.05, 0) is 41.1 Å². The number of aromatic nitrogens is 1. The van der Waals surface area contributed by atoms with E-state index in [0.29, 0.717) is 21.3 Å². The lowest BCUT2D eigenvalue weighted by molar-refractivity contribution is -0.384. The molecule has 0 unspecified atom stereocenters. The number of aryl methyl sites for hydroxylation is 1. The number of methoxy groups -OCH3 is 1. The van der Waals surface area contributed by atoms with Crippen LogP contribution in [0.4, 0.5) is 5.69 Å². The lowest BCUT2D eigenvalue weighted by Crippen LogP contribution is -2.25. The van der Waals surface area contributed by atoms with Gasteiger partial charge in [0.15, 0.2) is 6.61 Å². The zero-order valence-corrected chi connectivity index (χ0v) is 19.7. The Morgan fingerprint density at radius 2 is 2.15 bits per heavy atom. The first-order valence-corrected chi connectivity index (χ1v) is 10.5. The van der Waals surface area contributed by atoms with Crippen molar-refractivity contribution in [3.8, 4) is 23.3 Å². The number of nitro groups is 1. The van der Waals surface area contributed by atoms with Crippen LogP contribution in [-0.4, -0.2) is 35.7 Å². The van der Waals surface area contributed by atoms with Crippen molar-refractivity contribution in [2.24, 2.45) is 5.10 Å². The number of nitrogens with zero attached hydrogens (tertiary/aromatic N) is 4. The molecule has 1 N–H and O–H groups in total. The molecular weight excluding hydrogens is 510 g/mol. The van der Waals surface area contributed by atoms with Crippen LogP contribution in [0, 0.1) is 28.4 Å². The van der Waals surface area contributed by atoms with E-state index < -0.39 is 17.4 Å². The Bertz CT molecular complexity index is 1300. The number of carbonyl (C=O) groups is 1. The van der Waals surface area contributed by atoms with E-state index in [1.165, 1.54) is 19.4 Å². The van der Waals surface area contributed by atoms with E-state index in [9.17, 15) is 20.2 Å². The molecule has 0 atom stereocenters. The van der Waals surface area contributed by atoms with E-state index >= 15 is 0 Å². The predicted octanol–water partition coefficient (Wildman–Crippen LogP) is 3.87. The molecule has 0 aliphatic carbocycles. The highest BCUT2D eigenvalue weighted by Crippen LogP contribution is 2.31. The number of benzene rings is 1. The molecule has 1 amide bonds. The minimum absolute atomic E-state index is 0.00881. The summed E-state index contributed by atoms with van der Waals surface area (Å²) in [5.74, 6) is -0.0256. The molecule has 3 rings (SSSR count). The van der Waals surface area contributed by atoms with Crippen LogP contribution in [0.15, 0.2) is 50.4 Å². The summed E-state index contributed by atoms with van der Waals surface area (Å²) in [6, 6.07) is 11.3. The Balaban J connectivity index is 1.64. The van der Waals surface area contributed by atoms with Gasteiger partial charge < -0.3 is 13.9 Å². The number of carbonyl (C=O) groups excluding carboxylic acids is 1. The largest absolute Gasteiger partial charge is 0.467 e. The molecule has 0 radical (unpaired) electrons. The zero-order chi connectivity index (χ0) is 24.7. The maximum absolute atomic E-state index is 12.1. The van der Waals surface area contributed by atoms with Gasteiger partial charge in [0.25, 0.3) is 11.6 Å². The summed E-state index contributed by atoms with van der Waals surface area (Å²) in [4.78, 5) is 27.0. The third kappa shape index (κ3) is 5.64. The Morgan fingerprint density at radius 3 is 2.85 bits per heavy atom. The van der Waals surface area contributed by atoms with E-state index in [-0.39, 0.29) is 35.3 Å². The van der Waals surface area contributed by atoms with Crippen molar-refractivity contribution in [2.75, 3.05) is 13.7 Å². The molecule has 0 aliphatic rings. The quantitative estimate of drug-likeness (QED) is 0.250. The Morgan fingerprint density at radius 1 is 1.38 bits per heavy atom. The number of nitrogens with one attached hydrogen (secondary N) is 1. The second-order valence-electron chi connectivity index (χ2n) is 6.77. The first kappa shape index (κ1) is 24.6. The first-order valence-electron chi connectivity index (χ1n) is 9.72. The average molecular weight is 528 g/mol. The summed E-state index contributed by atoms with van der Waals surface area (Å²) in [5, 5.41) is 24.5. The van der Waals surface area contributed by atoms with Crippen LogP contribution in [0.25, 0.3) is 11.3 Å². The minimum Gasteiger partial charge on any atom is -0.467 e. The summed E-state index contributed by atoms with van der Waals surface area (Å²) >= 11 is 3.38. The van der Waals surface area contributed by atoms with Gasteiger partial charge in [0.05, 0.1) is 29.0 Å². The molecule has 0 spiro atoms. The van der Waals surface area contributed by atoms with Crippen LogP contribution in [0.1, 0.15) is 22.6 Å². The van der Waals surface area contributed by atoms with Gasteiger partial charge in [0.2, 0.25) is 5.88 Å². The molecule has 0 fully saturated rings. The van der Waals surface area contributed by atoms with Crippen LogP contribution in [0.2, 0.25) is 0 Å². The van der Waals surface area contributed by atoms with Gasteiger partial charge in [0, 0.05) is 23.2 Å². The Kier molecular flexibility index (Phi) is 8.07. The number of hydrogen-bond donors (Lipinski definition) is 1. The Labute approximate surface area is 202 Å². The third-order valence-corrected chi connectivity index (χ3v) is 5.53. The highest BCUT2D eigenvalue weighted by atomic mass is 79.9. The van der Waals surface area contributed by atoms with Gasteiger partial charge in [-0.3, -0.25) is 14.9 Å². The maximum atomic E-state index is 12.1. The number of rotatable bonds is 9. The summed E-state index contributed by atoms with van der Waals surface area (Å²) in [6.07, 6.45) is 1.25. The van der Waals surface area contributed by atoms with Gasteiger partial charge in [-0.2, -0.15) is 10.4 Å². The number of nitriles is 1. The molecular formula is C22H18BrN5O6. The van der Waals surface area contributed by atoms with Crippen molar-refractivity contribution < 1.29 is 23.6 Å². The average Bonchev–Trinajstić information content (AvgIpc) is 3.29. The predicted molar refractivity (Wildman–Crippen MR) is 124 cm³/mol. The fourth-order valence-corrected chi connectivity index (χ4v) is 3.36. The van der Waals surface area contributed by atoms with Crippen molar-refractivity contribution in [3.05, 3.63) is 73.6 Å². The van der Waals surface area contributed by atoms with Gasteiger partial charge in [-0.1, -0.05) is 12.1 Å². The van der Waals surface area contributed by atoms with Crippen molar-refractivity contribution >= 4 is 33.7 Å². The molecule has 0 bridgehead atoms. The standard InChI is InChI=1S/C22H18BrN5O6/c1-13-21(23)17(11-32-2)16(9-24)22(26-13)33-12-20(29)27-25-10-14-7-8-19(34-14)15-5-3-4-6-18(15)28(30)31/h3-8,10H,11-12H2,1-2H3,(H,27,29)/b25-10+. The fourth-order valence-electron chi connectivity index (χ4n) is 2.96. The second-order valence-corrected chi connectivity index (χ2v) is 7.57. The summed E-state index contributed by atoms with van der Waals surface area (Å²) in [5.41, 5.74) is 3.81. The molecule has 3 aromatic rings. The number of para-hydroxylation sites is 1. The molecule has 174 valence electrons. The summed E-state index contributed by atoms with van der Waals surface area (Å²) in [6.45, 7) is 1.45. The topological polar surface area (TPSA) is 153 Å². The lowest BCUT2D eigenvalue weighted by Gasteiger charge is -2.13. The van der Waals surface area contributed by atoms with Crippen molar-refractivity contribution in [3.63, 3.8) is 0 Å². The number of furan rings is 1. The third-order valence-electron chi connectivity index (χ3n) is 4.48. The van der Waals surface area contributed by atoms with Crippen LogP contribution in [0.5, 0.6) is 5.88 Å².